The predicted octanol–water partition coefficient (Wildman–Crippen LogP) is 0.271. The summed E-state index contributed by atoms with van der Waals surface area (Å²) in [6.45, 7) is 3.58. The van der Waals surface area contributed by atoms with E-state index in [9.17, 15) is 13.2 Å². The highest BCUT2D eigenvalue weighted by Gasteiger charge is 2.16. The van der Waals surface area contributed by atoms with Gasteiger partial charge in [-0.1, -0.05) is 0 Å². The number of terminal acetylenes is 1. The Morgan fingerprint density at radius 2 is 2.19 bits per heavy atom. The van der Waals surface area contributed by atoms with Crippen LogP contribution < -0.4 is 4.72 Å². The van der Waals surface area contributed by atoms with E-state index in [-0.39, 0.29) is 24.8 Å². The molecule has 0 saturated carbocycles. The van der Waals surface area contributed by atoms with Gasteiger partial charge in [-0.15, -0.1) is 12.3 Å². The summed E-state index contributed by atoms with van der Waals surface area (Å²) in [7, 11) is -3.46. The molecule has 92 valence electrons. The second-order valence-electron chi connectivity index (χ2n) is 3.30. The van der Waals surface area contributed by atoms with Gasteiger partial charge in [0.2, 0.25) is 10.0 Å². The van der Waals surface area contributed by atoms with E-state index in [1.165, 1.54) is 0 Å². The number of ether oxygens (including phenoxy) is 1. The van der Waals surface area contributed by atoms with Gasteiger partial charge in [0.1, 0.15) is 0 Å². The molecule has 0 spiro atoms. The van der Waals surface area contributed by atoms with Crippen LogP contribution in [0.2, 0.25) is 0 Å². The summed E-state index contributed by atoms with van der Waals surface area (Å²) in [5.41, 5.74) is 0. The van der Waals surface area contributed by atoms with Gasteiger partial charge in [-0.3, -0.25) is 4.79 Å². The van der Waals surface area contributed by atoms with Crippen molar-refractivity contribution in [1.82, 2.24) is 4.72 Å². The van der Waals surface area contributed by atoms with Crippen LogP contribution in [0.25, 0.3) is 0 Å². The van der Waals surface area contributed by atoms with E-state index in [2.05, 4.69) is 15.4 Å². The standard InChI is InChI=1S/C10H17NO4S/c1-4-6-9(3)11-16(13,14)8-7-10(12)15-5-2/h1,9,11H,5-8H2,2-3H3. The highest BCUT2D eigenvalue weighted by atomic mass is 32.2. The smallest absolute Gasteiger partial charge is 0.306 e. The number of carbonyl (C=O) groups is 1. The fourth-order valence-electron chi connectivity index (χ4n) is 1.03. The van der Waals surface area contributed by atoms with E-state index in [0.29, 0.717) is 6.42 Å². The van der Waals surface area contributed by atoms with E-state index in [1.807, 2.05) is 0 Å². The minimum atomic E-state index is -3.46. The van der Waals surface area contributed by atoms with Gasteiger partial charge >= 0.3 is 5.97 Å². The molecule has 0 bridgehead atoms. The van der Waals surface area contributed by atoms with E-state index in [1.54, 1.807) is 13.8 Å². The first kappa shape index (κ1) is 14.9. The topological polar surface area (TPSA) is 72.5 Å². The fourth-order valence-corrected chi connectivity index (χ4v) is 2.28. The molecule has 0 aliphatic rings. The first-order valence-corrected chi connectivity index (χ1v) is 6.65. The highest BCUT2D eigenvalue weighted by molar-refractivity contribution is 7.89. The van der Waals surface area contributed by atoms with Crippen molar-refractivity contribution in [2.24, 2.45) is 0 Å². The van der Waals surface area contributed by atoms with Crippen molar-refractivity contribution in [3.63, 3.8) is 0 Å². The van der Waals surface area contributed by atoms with Crippen molar-refractivity contribution in [2.75, 3.05) is 12.4 Å². The second kappa shape index (κ2) is 7.25. The molecule has 16 heavy (non-hydrogen) atoms. The largest absolute Gasteiger partial charge is 0.466 e. The Labute approximate surface area is 96.6 Å². The van der Waals surface area contributed by atoms with E-state index >= 15 is 0 Å². The Hall–Kier alpha value is -1.06. The zero-order chi connectivity index (χ0) is 12.6. The minimum Gasteiger partial charge on any atom is -0.466 e. The summed E-state index contributed by atoms with van der Waals surface area (Å²) in [5, 5.41) is 0. The molecular formula is C10H17NO4S. The van der Waals surface area contributed by atoms with Crippen molar-refractivity contribution in [1.29, 1.82) is 0 Å². The van der Waals surface area contributed by atoms with Gasteiger partial charge < -0.3 is 4.74 Å². The van der Waals surface area contributed by atoms with Crippen LogP contribution in [0.5, 0.6) is 0 Å². The molecule has 0 heterocycles. The average molecular weight is 247 g/mol. The Morgan fingerprint density at radius 1 is 1.56 bits per heavy atom. The summed E-state index contributed by atoms with van der Waals surface area (Å²) in [6.07, 6.45) is 5.22. The SMILES string of the molecule is C#CCC(C)NS(=O)(=O)CCC(=O)OCC. The molecule has 0 aliphatic carbocycles. The molecule has 0 aromatic heterocycles. The van der Waals surface area contributed by atoms with Crippen molar-refractivity contribution >= 4 is 16.0 Å². The molecule has 0 saturated heterocycles. The maximum atomic E-state index is 11.4. The number of nitrogens with one attached hydrogen (secondary N) is 1. The van der Waals surface area contributed by atoms with Gasteiger partial charge in [0.15, 0.2) is 0 Å². The van der Waals surface area contributed by atoms with E-state index in [0.717, 1.165) is 0 Å². The van der Waals surface area contributed by atoms with Crippen LogP contribution in [0.3, 0.4) is 0 Å². The third kappa shape index (κ3) is 7.26. The lowest BCUT2D eigenvalue weighted by Crippen LogP contribution is -2.34. The first-order valence-electron chi connectivity index (χ1n) is 5.00. The second-order valence-corrected chi connectivity index (χ2v) is 5.17. The van der Waals surface area contributed by atoms with Crippen LogP contribution in [0, 0.1) is 12.3 Å². The number of rotatable bonds is 7. The summed E-state index contributed by atoms with van der Waals surface area (Å²) >= 11 is 0. The van der Waals surface area contributed by atoms with Gasteiger partial charge in [0.05, 0.1) is 18.8 Å². The lowest BCUT2D eigenvalue weighted by Gasteiger charge is -2.11. The highest BCUT2D eigenvalue weighted by Crippen LogP contribution is 1.97. The number of sulfonamides is 1. The monoisotopic (exact) mass is 247 g/mol. The van der Waals surface area contributed by atoms with Gasteiger partial charge in [-0.25, -0.2) is 13.1 Å². The predicted molar refractivity (Wildman–Crippen MR) is 61.1 cm³/mol. The van der Waals surface area contributed by atoms with Crippen molar-refractivity contribution in [3.8, 4) is 12.3 Å². The number of hydrogen-bond acceptors (Lipinski definition) is 4. The maximum absolute atomic E-state index is 11.4. The number of carbonyl (C=O) groups excluding carboxylic acids is 1. The molecule has 6 heteroatoms. The summed E-state index contributed by atoms with van der Waals surface area (Å²) in [5.74, 6) is 1.56. The van der Waals surface area contributed by atoms with Crippen molar-refractivity contribution in [2.45, 2.75) is 32.7 Å². The molecule has 0 rings (SSSR count). The molecule has 0 aromatic carbocycles. The van der Waals surface area contributed by atoms with Crippen LogP contribution in [0.4, 0.5) is 0 Å². The molecule has 0 fully saturated rings. The van der Waals surface area contributed by atoms with Crippen LogP contribution in [-0.2, 0) is 19.6 Å². The average Bonchev–Trinajstić information content (AvgIpc) is 2.15. The Morgan fingerprint density at radius 3 is 2.69 bits per heavy atom. The molecule has 1 N–H and O–H groups in total. The molecule has 1 atom stereocenters. The zero-order valence-electron chi connectivity index (χ0n) is 9.52. The van der Waals surface area contributed by atoms with Crippen LogP contribution in [0.1, 0.15) is 26.7 Å². The van der Waals surface area contributed by atoms with Gasteiger partial charge in [-0.05, 0) is 13.8 Å². The fraction of sp³-hybridized carbons (Fsp3) is 0.700. The van der Waals surface area contributed by atoms with Gasteiger partial charge in [0.25, 0.3) is 0 Å². The Kier molecular flexibility index (Phi) is 6.77. The molecule has 1 unspecified atom stereocenters. The lowest BCUT2D eigenvalue weighted by atomic mass is 10.3. The Bertz CT molecular complexity index is 356. The van der Waals surface area contributed by atoms with Gasteiger partial charge in [0, 0.05) is 12.5 Å². The molecular weight excluding hydrogens is 230 g/mol. The zero-order valence-corrected chi connectivity index (χ0v) is 10.3. The molecule has 0 aromatic rings. The quantitative estimate of drug-likeness (QED) is 0.518. The number of hydrogen-bond donors (Lipinski definition) is 1. The van der Waals surface area contributed by atoms with Crippen molar-refractivity contribution in [3.05, 3.63) is 0 Å². The van der Waals surface area contributed by atoms with Crippen LogP contribution in [0.15, 0.2) is 0 Å². The molecule has 0 aliphatic heterocycles. The maximum Gasteiger partial charge on any atom is 0.306 e. The third-order valence-corrected chi connectivity index (χ3v) is 3.19. The van der Waals surface area contributed by atoms with E-state index < -0.39 is 16.0 Å². The molecule has 5 nitrogen and oxygen atoms in total. The minimum absolute atomic E-state index is 0.147. The van der Waals surface area contributed by atoms with Crippen LogP contribution in [-0.4, -0.2) is 32.8 Å². The molecule has 0 radical (unpaired) electrons. The van der Waals surface area contributed by atoms with Crippen molar-refractivity contribution < 1.29 is 17.9 Å². The van der Waals surface area contributed by atoms with Gasteiger partial charge in [-0.2, -0.15) is 0 Å². The first-order chi connectivity index (χ1) is 7.41. The lowest BCUT2D eigenvalue weighted by molar-refractivity contribution is -0.142. The third-order valence-electron chi connectivity index (χ3n) is 1.69. The normalized spacial score (nSPS) is 12.8. The summed E-state index contributed by atoms with van der Waals surface area (Å²) in [6, 6.07) is -0.322. The summed E-state index contributed by atoms with van der Waals surface area (Å²) < 4.78 is 29.9. The molecule has 0 amide bonds. The number of esters is 1. The summed E-state index contributed by atoms with van der Waals surface area (Å²) in [4.78, 5) is 11.0. The Balaban J connectivity index is 4.07. The van der Waals surface area contributed by atoms with E-state index in [4.69, 9.17) is 6.42 Å². The van der Waals surface area contributed by atoms with Crippen LogP contribution >= 0.6 is 0 Å².